The van der Waals surface area contributed by atoms with Crippen LogP contribution in [0.5, 0.6) is 11.5 Å². The molecule has 10 heteroatoms. The highest BCUT2D eigenvalue weighted by Gasteiger charge is 2.54. The number of rotatable bonds is 11. The van der Waals surface area contributed by atoms with E-state index in [9.17, 15) is 5.11 Å². The predicted octanol–water partition coefficient (Wildman–Crippen LogP) is 4.00. The lowest BCUT2D eigenvalue weighted by Crippen LogP contribution is -2.59. The number of hydrogen-bond donors (Lipinski definition) is 1. The molecular formula is C32H44O10. The van der Waals surface area contributed by atoms with Crippen molar-refractivity contribution in [2.24, 2.45) is 0 Å². The molecule has 42 heavy (non-hydrogen) atoms. The zero-order chi connectivity index (χ0) is 29.9. The van der Waals surface area contributed by atoms with E-state index in [1.807, 2.05) is 76.2 Å². The normalized spacial score (nSPS) is 32.1. The maximum atomic E-state index is 10.3. The molecule has 0 aromatic heterocycles. The van der Waals surface area contributed by atoms with Gasteiger partial charge in [0.2, 0.25) is 0 Å². The molecule has 0 saturated carbocycles. The molecule has 7 atom stereocenters. The Balaban J connectivity index is 1.43. The second-order valence-corrected chi connectivity index (χ2v) is 11.9. The Hall–Kier alpha value is -2.28. The lowest BCUT2D eigenvalue weighted by molar-refractivity contribution is -0.259. The van der Waals surface area contributed by atoms with Crippen LogP contribution in [-0.2, 0) is 46.4 Å². The largest absolute Gasteiger partial charge is 0.497 e. The fourth-order valence-corrected chi connectivity index (χ4v) is 5.80. The molecule has 3 saturated heterocycles. The summed E-state index contributed by atoms with van der Waals surface area (Å²) in [5.41, 5.74) is 1.98. The van der Waals surface area contributed by atoms with E-state index in [-0.39, 0.29) is 24.9 Å². The molecule has 5 rings (SSSR count). The topological polar surface area (TPSA) is 103 Å². The van der Waals surface area contributed by atoms with Gasteiger partial charge in [0.25, 0.3) is 0 Å². The van der Waals surface area contributed by atoms with E-state index in [1.165, 1.54) is 0 Å². The Morgan fingerprint density at radius 3 is 1.86 bits per heavy atom. The van der Waals surface area contributed by atoms with Crippen molar-refractivity contribution in [2.75, 3.05) is 27.4 Å². The van der Waals surface area contributed by atoms with Gasteiger partial charge < -0.3 is 47.7 Å². The number of hydrogen-bond acceptors (Lipinski definition) is 10. The highest BCUT2D eigenvalue weighted by atomic mass is 16.8. The van der Waals surface area contributed by atoms with Crippen LogP contribution in [0, 0.1) is 0 Å². The summed E-state index contributed by atoms with van der Waals surface area (Å²) in [5, 5.41) is 10.3. The minimum absolute atomic E-state index is 0.225. The van der Waals surface area contributed by atoms with Gasteiger partial charge in [-0.2, -0.15) is 0 Å². The molecule has 2 aromatic carbocycles. The molecule has 0 aliphatic carbocycles. The van der Waals surface area contributed by atoms with E-state index in [0.717, 1.165) is 22.6 Å². The van der Waals surface area contributed by atoms with Crippen LogP contribution in [0.15, 0.2) is 48.5 Å². The smallest absolute Gasteiger partial charge is 0.164 e. The van der Waals surface area contributed by atoms with Crippen molar-refractivity contribution in [2.45, 2.75) is 102 Å². The standard InChI is InChI=1S/C32H44O10/c1-31(2)38-19-27(41-31)24-15-25(36-17-20-7-11-22(34-5)12-8-20)28(37-18-21-9-13-23(35-6)14-10-21)30(39-24)29-26(16-33)40-32(3,4)42-29/h7-14,24-30,33H,15-19H2,1-6H3/t24-,25-,26-,27-,28-,29+,30-/m1/s1. The SMILES string of the molecule is COc1ccc(CO[C@H]2[C@H]([C@H]3OC(C)(C)O[C@@H]3CO)O[C@@H]([C@H]3COC(C)(C)O3)C[C@H]2OCc2ccc(OC)cc2)cc1. The summed E-state index contributed by atoms with van der Waals surface area (Å²) in [5.74, 6) is -0.0635. The molecule has 10 nitrogen and oxygen atoms in total. The summed E-state index contributed by atoms with van der Waals surface area (Å²) >= 11 is 0. The average molecular weight is 589 g/mol. The quantitative estimate of drug-likeness (QED) is 0.414. The lowest BCUT2D eigenvalue weighted by atomic mass is 9.90. The van der Waals surface area contributed by atoms with Gasteiger partial charge in [-0.15, -0.1) is 0 Å². The summed E-state index contributed by atoms with van der Waals surface area (Å²) in [6.45, 7) is 8.29. The van der Waals surface area contributed by atoms with Crippen LogP contribution in [-0.4, -0.2) is 86.8 Å². The Morgan fingerprint density at radius 2 is 1.33 bits per heavy atom. The number of ether oxygens (including phenoxy) is 9. The van der Waals surface area contributed by atoms with Crippen molar-refractivity contribution in [1.82, 2.24) is 0 Å². The monoisotopic (exact) mass is 588 g/mol. The highest BCUT2D eigenvalue weighted by Crippen LogP contribution is 2.40. The number of benzene rings is 2. The summed E-state index contributed by atoms with van der Waals surface area (Å²) in [6, 6.07) is 15.5. The van der Waals surface area contributed by atoms with Crippen molar-refractivity contribution in [1.29, 1.82) is 0 Å². The van der Waals surface area contributed by atoms with Gasteiger partial charge in [-0.25, -0.2) is 0 Å². The van der Waals surface area contributed by atoms with Crippen LogP contribution in [0.2, 0.25) is 0 Å². The first-order valence-corrected chi connectivity index (χ1v) is 14.5. The highest BCUT2D eigenvalue weighted by molar-refractivity contribution is 5.27. The molecule has 0 radical (unpaired) electrons. The van der Waals surface area contributed by atoms with Gasteiger partial charge in [0.05, 0.1) is 52.9 Å². The van der Waals surface area contributed by atoms with Crippen molar-refractivity contribution >= 4 is 0 Å². The third-order valence-corrected chi connectivity index (χ3v) is 7.88. The first-order chi connectivity index (χ1) is 20.1. The van der Waals surface area contributed by atoms with Gasteiger partial charge in [0.15, 0.2) is 11.6 Å². The second-order valence-electron chi connectivity index (χ2n) is 11.9. The summed E-state index contributed by atoms with van der Waals surface area (Å²) in [7, 11) is 3.28. The Bertz CT molecular complexity index is 1130. The third kappa shape index (κ3) is 7.43. The maximum absolute atomic E-state index is 10.3. The molecule has 3 fully saturated rings. The van der Waals surface area contributed by atoms with E-state index in [0.29, 0.717) is 26.2 Å². The minimum Gasteiger partial charge on any atom is -0.497 e. The third-order valence-electron chi connectivity index (χ3n) is 7.88. The second kappa shape index (κ2) is 13.2. The molecular weight excluding hydrogens is 544 g/mol. The molecule has 3 heterocycles. The van der Waals surface area contributed by atoms with E-state index < -0.39 is 36.0 Å². The van der Waals surface area contributed by atoms with Gasteiger partial charge >= 0.3 is 0 Å². The zero-order valence-corrected chi connectivity index (χ0v) is 25.3. The first kappa shape index (κ1) is 31.2. The molecule has 232 valence electrons. The molecule has 3 aliphatic rings. The van der Waals surface area contributed by atoms with Crippen LogP contribution in [0.25, 0.3) is 0 Å². The number of methoxy groups -OCH3 is 2. The van der Waals surface area contributed by atoms with Gasteiger partial charge in [0, 0.05) is 6.42 Å². The van der Waals surface area contributed by atoms with Crippen LogP contribution in [0.1, 0.15) is 45.2 Å². The molecule has 1 N–H and O–H groups in total. The molecule has 2 aromatic rings. The average Bonchev–Trinajstić information content (AvgIpc) is 3.52. The minimum atomic E-state index is -0.899. The van der Waals surface area contributed by atoms with E-state index >= 15 is 0 Å². The van der Waals surface area contributed by atoms with E-state index in [4.69, 9.17) is 42.6 Å². The molecule has 0 spiro atoms. The van der Waals surface area contributed by atoms with Gasteiger partial charge in [0.1, 0.15) is 42.0 Å². The Kier molecular flexibility index (Phi) is 9.76. The zero-order valence-electron chi connectivity index (χ0n) is 25.3. The Morgan fingerprint density at radius 1 is 0.738 bits per heavy atom. The van der Waals surface area contributed by atoms with Gasteiger partial charge in [-0.3, -0.25) is 0 Å². The number of aliphatic hydroxyl groups is 1. The first-order valence-electron chi connectivity index (χ1n) is 14.5. The molecule has 0 unspecified atom stereocenters. The lowest BCUT2D eigenvalue weighted by Gasteiger charge is -2.45. The van der Waals surface area contributed by atoms with Crippen LogP contribution in [0.3, 0.4) is 0 Å². The van der Waals surface area contributed by atoms with Crippen LogP contribution < -0.4 is 9.47 Å². The van der Waals surface area contributed by atoms with Crippen molar-refractivity contribution in [3.8, 4) is 11.5 Å². The fourth-order valence-electron chi connectivity index (χ4n) is 5.80. The Labute approximate surface area is 248 Å². The van der Waals surface area contributed by atoms with Crippen molar-refractivity contribution in [3.05, 3.63) is 59.7 Å². The van der Waals surface area contributed by atoms with Crippen molar-refractivity contribution < 1.29 is 47.7 Å². The summed E-state index contributed by atoms with van der Waals surface area (Å²) in [6.07, 6.45) is -2.88. The van der Waals surface area contributed by atoms with E-state index in [1.54, 1.807) is 14.2 Å². The predicted molar refractivity (Wildman–Crippen MR) is 152 cm³/mol. The number of aliphatic hydroxyl groups excluding tert-OH is 1. The van der Waals surface area contributed by atoms with Crippen LogP contribution in [0.4, 0.5) is 0 Å². The molecule has 0 amide bonds. The van der Waals surface area contributed by atoms with Gasteiger partial charge in [-0.05, 0) is 63.1 Å². The summed E-state index contributed by atoms with van der Waals surface area (Å²) in [4.78, 5) is 0. The van der Waals surface area contributed by atoms with E-state index in [2.05, 4.69) is 0 Å². The van der Waals surface area contributed by atoms with Crippen LogP contribution >= 0.6 is 0 Å². The molecule has 3 aliphatic heterocycles. The van der Waals surface area contributed by atoms with Crippen molar-refractivity contribution in [3.63, 3.8) is 0 Å². The molecule has 0 bridgehead atoms. The van der Waals surface area contributed by atoms with Gasteiger partial charge in [-0.1, -0.05) is 24.3 Å². The maximum Gasteiger partial charge on any atom is 0.164 e. The fraction of sp³-hybridized carbons (Fsp3) is 0.625. The summed E-state index contributed by atoms with van der Waals surface area (Å²) < 4.78 is 55.1.